The highest BCUT2D eigenvalue weighted by molar-refractivity contribution is 7.73. The maximum Gasteiger partial charge on any atom is 0.00314 e. The molecule has 0 aliphatic heterocycles. The molecule has 0 bridgehead atoms. The van der Waals surface area contributed by atoms with Crippen molar-refractivity contribution in [2.75, 3.05) is 0 Å². The lowest BCUT2D eigenvalue weighted by Gasteiger charge is -2.41. The first-order valence-electron chi connectivity index (χ1n) is 9.14. The molecule has 3 rings (SSSR count). The third-order valence-electron chi connectivity index (χ3n) is 4.93. The van der Waals surface area contributed by atoms with Crippen molar-refractivity contribution in [3.05, 3.63) is 84.0 Å². The van der Waals surface area contributed by atoms with Gasteiger partial charge in [0, 0.05) is 11.6 Å². The first-order chi connectivity index (χ1) is 11.9. The van der Waals surface area contributed by atoms with Crippen LogP contribution >= 0.6 is 7.92 Å². The Hall–Kier alpha value is -1.65. The van der Waals surface area contributed by atoms with Crippen LogP contribution < -0.4 is 10.6 Å². The van der Waals surface area contributed by atoms with E-state index in [1.54, 1.807) is 0 Å². The molecule has 25 heavy (non-hydrogen) atoms. The highest BCUT2D eigenvalue weighted by Gasteiger charge is 2.38. The molecule has 1 aliphatic carbocycles. The van der Waals surface area contributed by atoms with Crippen LogP contribution in [0.15, 0.2) is 72.8 Å². The summed E-state index contributed by atoms with van der Waals surface area (Å²) in [6.07, 6.45) is 9.18. The Morgan fingerprint density at radius 2 is 1.12 bits per heavy atom. The molecule has 1 atom stereocenters. The van der Waals surface area contributed by atoms with Crippen LogP contribution in [0.4, 0.5) is 0 Å². The van der Waals surface area contributed by atoms with Gasteiger partial charge in [0.1, 0.15) is 0 Å². The summed E-state index contributed by atoms with van der Waals surface area (Å²) in [6, 6.07) is 18.4. The minimum atomic E-state index is -0.441. The number of hydrogen-bond acceptors (Lipinski definition) is 0. The second-order valence-corrected chi connectivity index (χ2v) is 10.5. The number of rotatable bonds is 4. The van der Waals surface area contributed by atoms with Gasteiger partial charge in [-0.25, -0.2) is 0 Å². The van der Waals surface area contributed by atoms with Crippen LogP contribution in [0.3, 0.4) is 0 Å². The zero-order chi connectivity index (χ0) is 18.0. The monoisotopic (exact) mass is 348 g/mol. The van der Waals surface area contributed by atoms with Crippen molar-refractivity contribution < 1.29 is 0 Å². The van der Waals surface area contributed by atoms with E-state index in [9.17, 15) is 0 Å². The average molecular weight is 348 g/mol. The van der Waals surface area contributed by atoms with Crippen molar-refractivity contribution in [3.63, 3.8) is 0 Å². The van der Waals surface area contributed by atoms with Crippen molar-refractivity contribution in [2.45, 2.75) is 40.3 Å². The van der Waals surface area contributed by atoms with Gasteiger partial charge in [0.2, 0.25) is 0 Å². The second-order valence-electron chi connectivity index (χ2n) is 8.20. The number of benzene rings is 2. The zero-order valence-corrected chi connectivity index (χ0v) is 16.9. The lowest BCUT2D eigenvalue weighted by molar-refractivity contribution is 0.363. The molecule has 1 aliphatic rings. The molecule has 0 amide bonds. The fourth-order valence-corrected chi connectivity index (χ4v) is 6.88. The van der Waals surface area contributed by atoms with Crippen molar-refractivity contribution >= 4 is 18.5 Å². The summed E-state index contributed by atoms with van der Waals surface area (Å²) in [5, 5.41) is 2.97. The van der Waals surface area contributed by atoms with Crippen LogP contribution in [0.5, 0.6) is 0 Å². The highest BCUT2D eigenvalue weighted by atomic mass is 31.1. The van der Waals surface area contributed by atoms with Crippen molar-refractivity contribution in [2.24, 2.45) is 11.3 Å². The molecule has 0 saturated heterocycles. The van der Waals surface area contributed by atoms with Crippen LogP contribution in [0.2, 0.25) is 0 Å². The van der Waals surface area contributed by atoms with Gasteiger partial charge < -0.3 is 0 Å². The van der Waals surface area contributed by atoms with Crippen molar-refractivity contribution in [3.8, 4) is 0 Å². The fourth-order valence-electron chi connectivity index (χ4n) is 3.68. The summed E-state index contributed by atoms with van der Waals surface area (Å²) >= 11 is 0. The van der Waals surface area contributed by atoms with Crippen LogP contribution in [0.25, 0.3) is 0 Å². The van der Waals surface area contributed by atoms with E-state index in [2.05, 4.69) is 107 Å². The van der Waals surface area contributed by atoms with Crippen LogP contribution in [-0.4, -0.2) is 5.66 Å². The van der Waals surface area contributed by atoms with Gasteiger partial charge in [0.05, 0.1) is 0 Å². The molecule has 2 aromatic rings. The summed E-state index contributed by atoms with van der Waals surface area (Å²) in [7, 11) is -0.441. The third-order valence-corrected chi connectivity index (χ3v) is 8.32. The maximum atomic E-state index is 2.40. The first kappa shape index (κ1) is 18.2. The molecular formula is C24H29P. The molecule has 2 aromatic carbocycles. The van der Waals surface area contributed by atoms with E-state index >= 15 is 0 Å². The van der Waals surface area contributed by atoms with E-state index in [0.717, 1.165) is 0 Å². The molecule has 0 spiro atoms. The lowest BCUT2D eigenvalue weighted by atomic mass is 9.84. The van der Waals surface area contributed by atoms with Crippen molar-refractivity contribution in [1.82, 2.24) is 0 Å². The zero-order valence-electron chi connectivity index (χ0n) is 16.0. The number of allylic oxidation sites excluding steroid dienone is 4. The molecule has 0 radical (unpaired) electrons. The molecule has 0 saturated carbocycles. The third kappa shape index (κ3) is 4.13. The first-order valence-corrected chi connectivity index (χ1v) is 10.5. The average Bonchev–Trinajstić information content (AvgIpc) is 3.07. The van der Waals surface area contributed by atoms with Gasteiger partial charge in [-0.2, -0.15) is 0 Å². The fraction of sp³-hybridized carbons (Fsp3) is 0.333. The Kier molecular flexibility index (Phi) is 5.30. The topological polar surface area (TPSA) is 0 Å². The van der Waals surface area contributed by atoms with E-state index in [0.29, 0.717) is 11.6 Å². The molecule has 0 N–H and O–H groups in total. The van der Waals surface area contributed by atoms with E-state index in [1.165, 1.54) is 21.7 Å². The summed E-state index contributed by atoms with van der Waals surface area (Å²) in [4.78, 5) is 0. The largest absolute Gasteiger partial charge is 0.0770 e. The number of aryl methyl sites for hydroxylation is 2. The summed E-state index contributed by atoms with van der Waals surface area (Å²) in [5.74, 6) is 0.508. The van der Waals surface area contributed by atoms with Crippen molar-refractivity contribution in [1.29, 1.82) is 0 Å². The molecular weight excluding hydrogens is 319 g/mol. The Morgan fingerprint density at radius 3 is 1.48 bits per heavy atom. The van der Waals surface area contributed by atoms with Gasteiger partial charge >= 0.3 is 0 Å². The quantitative estimate of drug-likeness (QED) is 0.604. The Balaban J connectivity index is 2.14. The minimum absolute atomic E-state index is 0.227. The molecule has 0 heterocycles. The molecule has 1 heteroatoms. The van der Waals surface area contributed by atoms with Crippen LogP contribution in [0.1, 0.15) is 31.9 Å². The normalized spacial score (nSPS) is 15.9. The van der Waals surface area contributed by atoms with E-state index in [4.69, 9.17) is 0 Å². The second kappa shape index (κ2) is 7.30. The van der Waals surface area contributed by atoms with Gasteiger partial charge in [-0.15, -0.1) is 0 Å². The summed E-state index contributed by atoms with van der Waals surface area (Å²) < 4.78 is 0. The van der Waals surface area contributed by atoms with E-state index < -0.39 is 7.92 Å². The molecule has 1 unspecified atom stereocenters. The Labute approximate surface area is 154 Å². The SMILES string of the molecule is Cc1ccc(P(c2ccc(C)cc2)C(C2C=CC=C2)C(C)(C)C)cc1. The lowest BCUT2D eigenvalue weighted by Crippen LogP contribution is -2.36. The van der Waals surface area contributed by atoms with E-state index in [-0.39, 0.29) is 5.41 Å². The van der Waals surface area contributed by atoms with E-state index in [1.807, 2.05) is 0 Å². The summed E-state index contributed by atoms with van der Waals surface area (Å²) in [5.41, 5.74) is 3.46. The van der Waals surface area contributed by atoms with Gasteiger partial charge in [0.15, 0.2) is 0 Å². The maximum absolute atomic E-state index is 2.40. The molecule has 0 aromatic heterocycles. The molecule has 0 nitrogen and oxygen atoms in total. The predicted octanol–water partition coefficient (Wildman–Crippen LogP) is 5.89. The Bertz CT molecular complexity index is 700. The van der Waals surface area contributed by atoms with Crippen LogP contribution in [-0.2, 0) is 0 Å². The molecule has 130 valence electrons. The highest BCUT2D eigenvalue weighted by Crippen LogP contribution is 2.52. The van der Waals surface area contributed by atoms with Gasteiger partial charge in [-0.1, -0.05) is 105 Å². The molecule has 0 fully saturated rings. The minimum Gasteiger partial charge on any atom is -0.0770 e. The van der Waals surface area contributed by atoms with Gasteiger partial charge in [-0.3, -0.25) is 0 Å². The van der Waals surface area contributed by atoms with Gasteiger partial charge in [-0.05, 0) is 37.8 Å². The Morgan fingerprint density at radius 1 is 0.720 bits per heavy atom. The predicted molar refractivity (Wildman–Crippen MR) is 114 cm³/mol. The van der Waals surface area contributed by atoms with Crippen LogP contribution in [0, 0.1) is 25.2 Å². The van der Waals surface area contributed by atoms with Gasteiger partial charge in [0.25, 0.3) is 0 Å². The smallest absolute Gasteiger partial charge is 0.00314 e. The summed E-state index contributed by atoms with van der Waals surface area (Å²) in [6.45, 7) is 11.5. The standard InChI is InChI=1S/C24H29P/c1-18-10-14-21(15-11-18)25(22-16-12-19(2)13-17-22)23(24(3,4)5)20-8-6-7-9-20/h6-17,20,23H,1-5H3. The number of hydrogen-bond donors (Lipinski definition) is 0.